The van der Waals surface area contributed by atoms with E-state index >= 15 is 0 Å². The van der Waals surface area contributed by atoms with Crippen molar-refractivity contribution in [1.29, 1.82) is 0 Å². The third-order valence-electron chi connectivity index (χ3n) is 2.63. The number of aliphatic carboxylic acids is 1. The number of hydrogen-bond donors (Lipinski definition) is 2. The molecule has 2 N–H and O–H groups in total. The van der Waals surface area contributed by atoms with E-state index in [4.69, 9.17) is 5.11 Å². The Balaban J connectivity index is 2.42. The van der Waals surface area contributed by atoms with Crippen molar-refractivity contribution in [2.75, 3.05) is 0 Å². The summed E-state index contributed by atoms with van der Waals surface area (Å²) in [6.45, 7) is 1.27. The summed E-state index contributed by atoms with van der Waals surface area (Å²) in [5.41, 5.74) is 0.590. The van der Waals surface area contributed by atoms with Crippen LogP contribution >= 0.6 is 0 Å². The van der Waals surface area contributed by atoms with E-state index in [1.807, 2.05) is 42.5 Å². The van der Waals surface area contributed by atoms with E-state index in [2.05, 4.69) is 5.32 Å². The molecule has 0 aliphatic carbocycles. The van der Waals surface area contributed by atoms with E-state index in [1.54, 1.807) is 0 Å². The van der Waals surface area contributed by atoms with Gasteiger partial charge in [-0.1, -0.05) is 36.4 Å². The topological polar surface area (TPSA) is 66.4 Å². The molecule has 2 aromatic carbocycles. The minimum absolute atomic E-state index is 0.136. The fourth-order valence-electron chi connectivity index (χ4n) is 1.81. The largest absolute Gasteiger partial charge is 0.477 e. The highest BCUT2D eigenvalue weighted by molar-refractivity contribution is 5.97. The Bertz CT molecular complexity index is 674. The summed E-state index contributed by atoms with van der Waals surface area (Å²) >= 11 is 0. The molecule has 0 fully saturated rings. The van der Waals surface area contributed by atoms with Crippen molar-refractivity contribution in [3.63, 3.8) is 0 Å². The van der Waals surface area contributed by atoms with Crippen LogP contribution in [0.25, 0.3) is 16.8 Å². The van der Waals surface area contributed by atoms with Gasteiger partial charge in [-0.2, -0.15) is 0 Å². The number of benzene rings is 2. The highest BCUT2D eigenvalue weighted by atomic mass is 16.4. The van der Waals surface area contributed by atoms with Crippen LogP contribution in [0, 0.1) is 0 Å². The van der Waals surface area contributed by atoms with Gasteiger partial charge in [0.1, 0.15) is 5.70 Å². The van der Waals surface area contributed by atoms with E-state index < -0.39 is 11.9 Å². The van der Waals surface area contributed by atoms with Gasteiger partial charge in [0.2, 0.25) is 5.91 Å². The number of nitrogens with one attached hydrogen (secondary N) is 1. The van der Waals surface area contributed by atoms with Gasteiger partial charge in [0.05, 0.1) is 0 Å². The monoisotopic (exact) mass is 257 g/mol. The minimum atomic E-state index is -1.16. The summed E-state index contributed by atoms with van der Waals surface area (Å²) < 4.78 is 0. The summed E-state index contributed by atoms with van der Waals surface area (Å²) in [5.74, 6) is -1.57. The molecule has 0 unspecified atom stereocenters. The first-order valence-electron chi connectivity index (χ1n) is 5.77. The van der Waals surface area contributed by atoms with Crippen LogP contribution in [0.4, 0.5) is 0 Å². The van der Waals surface area contributed by atoms with Gasteiger partial charge in [0, 0.05) is 6.92 Å². The molecule has 0 bridgehead atoms. The second-order valence-electron chi connectivity index (χ2n) is 4.15. The first-order valence-corrected chi connectivity index (χ1v) is 5.77. The van der Waals surface area contributed by atoms with E-state index in [-0.39, 0.29) is 5.70 Å². The summed E-state index contributed by atoms with van der Waals surface area (Å²) in [4.78, 5) is 22.0. The fourth-order valence-corrected chi connectivity index (χ4v) is 1.81. The molecule has 19 heavy (non-hydrogen) atoms. The zero-order valence-corrected chi connectivity index (χ0v) is 10.4. The van der Waals surface area contributed by atoms with Crippen molar-refractivity contribution in [3.05, 3.63) is 53.7 Å². The SMILES string of the molecule is CC(=O)N/C(=[14CH]\c1ccc2ccccc2c1)C(=O)O. The molecule has 0 spiro atoms. The summed E-state index contributed by atoms with van der Waals surface area (Å²) in [6, 6.07) is 13.4. The standard InChI is InChI=1S/C15H13NO3/c1-10(17)16-14(15(18)19)9-11-6-7-12-4-2-3-5-13(12)8-11/h2-9H,1H3,(H,16,17)(H,18,19)/b14-9-/i9+2. The molecule has 96 valence electrons. The minimum Gasteiger partial charge on any atom is -0.477 e. The van der Waals surface area contributed by atoms with Gasteiger partial charge in [-0.25, -0.2) is 4.79 Å². The Labute approximate surface area is 110 Å². The third kappa shape index (κ3) is 3.19. The lowest BCUT2D eigenvalue weighted by molar-refractivity contribution is -0.134. The molecule has 0 saturated carbocycles. The second-order valence-corrected chi connectivity index (χ2v) is 4.15. The Morgan fingerprint density at radius 2 is 1.79 bits per heavy atom. The van der Waals surface area contributed by atoms with Crippen molar-refractivity contribution in [1.82, 2.24) is 5.32 Å². The zero-order valence-electron chi connectivity index (χ0n) is 10.4. The molecule has 4 nitrogen and oxygen atoms in total. The molecule has 0 saturated heterocycles. The molecule has 0 radical (unpaired) electrons. The van der Waals surface area contributed by atoms with Crippen LogP contribution in [-0.2, 0) is 9.59 Å². The molecule has 0 heterocycles. The van der Waals surface area contributed by atoms with Crippen molar-refractivity contribution < 1.29 is 14.7 Å². The third-order valence-corrected chi connectivity index (χ3v) is 2.63. The maximum atomic E-state index is 11.0. The first-order chi connectivity index (χ1) is 9.06. The number of hydrogen-bond acceptors (Lipinski definition) is 2. The fraction of sp³-hybridized carbons (Fsp3) is 0.0667. The Hall–Kier alpha value is -2.62. The quantitative estimate of drug-likeness (QED) is 0.830. The van der Waals surface area contributed by atoms with Crippen LogP contribution in [-0.4, -0.2) is 17.0 Å². The van der Waals surface area contributed by atoms with Gasteiger partial charge in [0.25, 0.3) is 0 Å². The average molecular weight is 257 g/mol. The first kappa shape index (κ1) is 12.8. The predicted octanol–water partition coefficient (Wildman–Crippen LogP) is 2.40. The van der Waals surface area contributed by atoms with Crippen molar-refractivity contribution >= 4 is 28.7 Å². The summed E-state index contributed by atoms with van der Waals surface area (Å²) in [5, 5.41) is 13.4. The number of rotatable bonds is 3. The van der Waals surface area contributed by atoms with E-state index in [1.165, 1.54) is 13.0 Å². The van der Waals surface area contributed by atoms with E-state index in [9.17, 15) is 9.59 Å². The summed E-state index contributed by atoms with van der Waals surface area (Å²) in [7, 11) is 0. The molecular formula is C15H13NO3. The van der Waals surface area contributed by atoms with Crippen LogP contribution in [0.1, 0.15) is 12.5 Å². The van der Waals surface area contributed by atoms with Crippen LogP contribution in [0.2, 0.25) is 0 Å². The van der Waals surface area contributed by atoms with E-state index in [0.717, 1.165) is 16.3 Å². The molecule has 4 heteroatoms. The number of carboxylic acids is 1. The highest BCUT2D eigenvalue weighted by Gasteiger charge is 2.08. The number of fused-ring (bicyclic) bond motifs is 1. The average Bonchev–Trinajstić information content (AvgIpc) is 2.37. The van der Waals surface area contributed by atoms with Gasteiger partial charge in [-0.3, -0.25) is 4.79 Å². The zero-order chi connectivity index (χ0) is 13.8. The highest BCUT2D eigenvalue weighted by Crippen LogP contribution is 2.17. The molecule has 0 aromatic heterocycles. The van der Waals surface area contributed by atoms with Crippen molar-refractivity contribution in [2.45, 2.75) is 6.92 Å². The van der Waals surface area contributed by atoms with Gasteiger partial charge in [-0.15, -0.1) is 0 Å². The number of carboxylic acid groups (broad SMARTS) is 1. The Kier molecular flexibility index (Phi) is 3.61. The normalized spacial score (nSPS) is 11.3. The van der Waals surface area contributed by atoms with E-state index in [0.29, 0.717) is 0 Å². The predicted molar refractivity (Wildman–Crippen MR) is 73.4 cm³/mol. The molecular weight excluding hydrogens is 244 g/mol. The molecule has 2 aromatic rings. The smallest absolute Gasteiger partial charge is 0.352 e. The van der Waals surface area contributed by atoms with Gasteiger partial charge < -0.3 is 10.4 Å². The van der Waals surface area contributed by atoms with Crippen LogP contribution < -0.4 is 5.32 Å². The molecule has 0 atom stereocenters. The lowest BCUT2D eigenvalue weighted by Crippen LogP contribution is -2.24. The Morgan fingerprint density at radius 1 is 1.11 bits per heavy atom. The number of amides is 1. The van der Waals surface area contributed by atoms with Gasteiger partial charge >= 0.3 is 5.97 Å². The maximum absolute atomic E-state index is 11.0. The lowest BCUT2D eigenvalue weighted by atomic mass is 10.1. The Morgan fingerprint density at radius 3 is 2.42 bits per heavy atom. The van der Waals surface area contributed by atoms with Crippen LogP contribution in [0.15, 0.2) is 48.2 Å². The van der Waals surface area contributed by atoms with Crippen LogP contribution in [0.3, 0.4) is 0 Å². The van der Waals surface area contributed by atoms with Gasteiger partial charge in [0.15, 0.2) is 0 Å². The number of carbonyl (C=O) groups excluding carboxylic acids is 1. The number of carbonyl (C=O) groups is 2. The summed E-state index contributed by atoms with van der Waals surface area (Å²) in [6.07, 6.45) is 1.44. The van der Waals surface area contributed by atoms with Crippen molar-refractivity contribution in [2.24, 2.45) is 0 Å². The lowest BCUT2D eigenvalue weighted by Gasteiger charge is -2.04. The second kappa shape index (κ2) is 5.35. The maximum Gasteiger partial charge on any atom is 0.352 e. The van der Waals surface area contributed by atoms with Crippen LogP contribution in [0.5, 0.6) is 0 Å². The molecule has 0 aliphatic heterocycles. The molecule has 2 rings (SSSR count). The molecule has 1 amide bonds. The molecule has 0 aliphatic rings. The van der Waals surface area contributed by atoms with Crippen molar-refractivity contribution in [3.8, 4) is 0 Å². The van der Waals surface area contributed by atoms with Gasteiger partial charge in [-0.05, 0) is 28.5 Å².